The molecule has 0 aromatic heterocycles. The van der Waals surface area contributed by atoms with E-state index < -0.39 is 0 Å². The Morgan fingerprint density at radius 3 is 2.81 bits per heavy atom. The quantitative estimate of drug-likeness (QED) is 0.744. The maximum Gasteiger partial charge on any atom is 0.119 e. The average molecular weight is 290 g/mol. The monoisotopic (exact) mass is 290 g/mol. The van der Waals surface area contributed by atoms with Gasteiger partial charge in [0.1, 0.15) is 5.75 Å². The van der Waals surface area contributed by atoms with E-state index in [0.29, 0.717) is 6.04 Å². The van der Waals surface area contributed by atoms with Gasteiger partial charge in [-0.05, 0) is 69.5 Å². The molecule has 0 radical (unpaired) electrons. The Kier molecular flexibility index (Phi) is 6.52. The van der Waals surface area contributed by atoms with E-state index in [9.17, 15) is 0 Å². The fourth-order valence-electron chi connectivity index (χ4n) is 2.88. The number of nitrogens with zero attached hydrogens (tertiary/aromatic N) is 1. The van der Waals surface area contributed by atoms with E-state index in [1.807, 2.05) is 0 Å². The topological polar surface area (TPSA) is 24.5 Å². The summed E-state index contributed by atoms with van der Waals surface area (Å²) in [7, 11) is 0. The standard InChI is InChI=1S/C18H30N2O/c1-4-20(14-17-7-5-10-19-17)11-6-12-21-18-9-8-15(2)16(3)13-18/h8-9,13,17,19H,4-7,10-12,14H2,1-3H3. The Morgan fingerprint density at radius 1 is 1.29 bits per heavy atom. The molecule has 1 heterocycles. The third-order valence-electron chi connectivity index (χ3n) is 4.45. The van der Waals surface area contributed by atoms with Crippen LogP contribution in [-0.2, 0) is 0 Å². The Balaban J connectivity index is 1.66. The summed E-state index contributed by atoms with van der Waals surface area (Å²) in [6.07, 6.45) is 3.75. The lowest BCUT2D eigenvalue weighted by Gasteiger charge is -2.24. The fourth-order valence-corrected chi connectivity index (χ4v) is 2.88. The van der Waals surface area contributed by atoms with Crippen LogP contribution >= 0.6 is 0 Å². The zero-order chi connectivity index (χ0) is 15.1. The molecule has 1 N–H and O–H groups in total. The molecule has 3 nitrogen and oxygen atoms in total. The number of ether oxygens (including phenoxy) is 1. The fraction of sp³-hybridized carbons (Fsp3) is 0.667. The summed E-state index contributed by atoms with van der Waals surface area (Å²) in [5.41, 5.74) is 2.62. The van der Waals surface area contributed by atoms with E-state index in [1.54, 1.807) is 0 Å². The van der Waals surface area contributed by atoms with Crippen molar-refractivity contribution in [3.05, 3.63) is 29.3 Å². The summed E-state index contributed by atoms with van der Waals surface area (Å²) < 4.78 is 5.86. The number of benzene rings is 1. The van der Waals surface area contributed by atoms with Crippen LogP contribution in [0.3, 0.4) is 0 Å². The minimum atomic E-state index is 0.700. The summed E-state index contributed by atoms with van der Waals surface area (Å²) in [4.78, 5) is 2.53. The summed E-state index contributed by atoms with van der Waals surface area (Å²) in [5, 5.41) is 3.58. The highest BCUT2D eigenvalue weighted by Gasteiger charge is 2.16. The average Bonchev–Trinajstić information content (AvgIpc) is 2.99. The van der Waals surface area contributed by atoms with Gasteiger partial charge in [-0.1, -0.05) is 13.0 Å². The van der Waals surface area contributed by atoms with Gasteiger partial charge in [0.05, 0.1) is 6.61 Å². The number of likely N-dealkylation sites (N-methyl/N-ethyl adjacent to an activating group) is 1. The summed E-state index contributed by atoms with van der Waals surface area (Å²) in [6.45, 7) is 11.9. The molecule has 0 aliphatic carbocycles. The maximum atomic E-state index is 5.86. The van der Waals surface area contributed by atoms with Crippen molar-refractivity contribution >= 4 is 0 Å². The first-order valence-corrected chi connectivity index (χ1v) is 8.35. The second-order valence-electron chi connectivity index (χ2n) is 6.13. The van der Waals surface area contributed by atoms with Crippen LogP contribution in [0.5, 0.6) is 5.75 Å². The van der Waals surface area contributed by atoms with Gasteiger partial charge in [0.15, 0.2) is 0 Å². The van der Waals surface area contributed by atoms with Crippen molar-refractivity contribution in [2.45, 2.75) is 46.1 Å². The van der Waals surface area contributed by atoms with Gasteiger partial charge in [0.2, 0.25) is 0 Å². The van der Waals surface area contributed by atoms with E-state index in [4.69, 9.17) is 4.74 Å². The molecule has 0 bridgehead atoms. The first-order valence-electron chi connectivity index (χ1n) is 8.35. The first-order chi connectivity index (χ1) is 10.2. The number of aryl methyl sites for hydroxylation is 2. The summed E-state index contributed by atoms with van der Waals surface area (Å²) in [5.74, 6) is 0.999. The number of nitrogens with one attached hydrogen (secondary N) is 1. The predicted molar refractivity (Wildman–Crippen MR) is 89.2 cm³/mol. The molecule has 0 spiro atoms. The van der Waals surface area contributed by atoms with Gasteiger partial charge in [-0.25, -0.2) is 0 Å². The highest BCUT2D eigenvalue weighted by atomic mass is 16.5. The molecular formula is C18H30N2O. The largest absolute Gasteiger partial charge is 0.494 e. The van der Waals surface area contributed by atoms with E-state index in [2.05, 4.69) is 49.2 Å². The smallest absolute Gasteiger partial charge is 0.119 e. The number of hydrogen-bond acceptors (Lipinski definition) is 3. The van der Waals surface area contributed by atoms with Crippen molar-refractivity contribution in [1.29, 1.82) is 0 Å². The van der Waals surface area contributed by atoms with E-state index >= 15 is 0 Å². The lowest BCUT2D eigenvalue weighted by molar-refractivity contribution is 0.227. The van der Waals surface area contributed by atoms with Gasteiger partial charge >= 0.3 is 0 Å². The van der Waals surface area contributed by atoms with Crippen molar-refractivity contribution in [1.82, 2.24) is 10.2 Å². The highest BCUT2D eigenvalue weighted by Crippen LogP contribution is 2.16. The van der Waals surface area contributed by atoms with Crippen LogP contribution in [0.1, 0.15) is 37.3 Å². The van der Waals surface area contributed by atoms with Gasteiger partial charge < -0.3 is 15.0 Å². The molecule has 21 heavy (non-hydrogen) atoms. The molecule has 1 aliphatic heterocycles. The maximum absolute atomic E-state index is 5.86. The van der Waals surface area contributed by atoms with Crippen molar-refractivity contribution < 1.29 is 4.74 Å². The van der Waals surface area contributed by atoms with E-state index in [0.717, 1.165) is 31.9 Å². The van der Waals surface area contributed by atoms with Crippen LogP contribution in [0.15, 0.2) is 18.2 Å². The molecule has 1 aliphatic rings. The Morgan fingerprint density at radius 2 is 2.14 bits per heavy atom. The molecule has 3 heteroatoms. The SMILES string of the molecule is CCN(CCCOc1ccc(C)c(C)c1)CC1CCCN1. The second-order valence-corrected chi connectivity index (χ2v) is 6.13. The van der Waals surface area contributed by atoms with Crippen molar-refractivity contribution in [2.24, 2.45) is 0 Å². The van der Waals surface area contributed by atoms with Crippen LogP contribution in [0.4, 0.5) is 0 Å². The lowest BCUT2D eigenvalue weighted by Crippen LogP contribution is -2.38. The zero-order valence-corrected chi connectivity index (χ0v) is 13.8. The third-order valence-corrected chi connectivity index (χ3v) is 4.45. The normalized spacial score (nSPS) is 18.4. The molecular weight excluding hydrogens is 260 g/mol. The number of hydrogen-bond donors (Lipinski definition) is 1. The van der Waals surface area contributed by atoms with Crippen molar-refractivity contribution in [3.8, 4) is 5.75 Å². The van der Waals surface area contributed by atoms with Crippen LogP contribution in [0, 0.1) is 13.8 Å². The van der Waals surface area contributed by atoms with Crippen molar-refractivity contribution in [3.63, 3.8) is 0 Å². The molecule has 1 aromatic rings. The molecule has 2 rings (SSSR count). The lowest BCUT2D eigenvalue weighted by atomic mass is 10.1. The van der Waals surface area contributed by atoms with Crippen LogP contribution < -0.4 is 10.1 Å². The molecule has 1 unspecified atom stereocenters. The van der Waals surface area contributed by atoms with Gasteiger partial charge in [-0.2, -0.15) is 0 Å². The van der Waals surface area contributed by atoms with Crippen LogP contribution in [-0.4, -0.2) is 43.7 Å². The number of rotatable bonds is 8. The Labute approximate surface area is 129 Å². The third kappa shape index (κ3) is 5.33. The molecule has 0 saturated carbocycles. The predicted octanol–water partition coefficient (Wildman–Crippen LogP) is 3.15. The first kappa shape index (κ1) is 16.3. The molecule has 1 aromatic carbocycles. The van der Waals surface area contributed by atoms with E-state index in [1.165, 1.54) is 37.1 Å². The van der Waals surface area contributed by atoms with Crippen LogP contribution in [0.2, 0.25) is 0 Å². The second kappa shape index (κ2) is 8.40. The van der Waals surface area contributed by atoms with Crippen molar-refractivity contribution in [2.75, 3.05) is 32.8 Å². The minimum Gasteiger partial charge on any atom is -0.494 e. The van der Waals surface area contributed by atoms with Gasteiger partial charge in [-0.15, -0.1) is 0 Å². The molecule has 1 fully saturated rings. The zero-order valence-electron chi connectivity index (χ0n) is 13.8. The summed E-state index contributed by atoms with van der Waals surface area (Å²) in [6, 6.07) is 7.04. The van der Waals surface area contributed by atoms with Crippen LogP contribution in [0.25, 0.3) is 0 Å². The van der Waals surface area contributed by atoms with Gasteiger partial charge in [0.25, 0.3) is 0 Å². The minimum absolute atomic E-state index is 0.700. The molecule has 0 amide bonds. The van der Waals surface area contributed by atoms with Gasteiger partial charge in [0, 0.05) is 19.1 Å². The van der Waals surface area contributed by atoms with E-state index in [-0.39, 0.29) is 0 Å². The Hall–Kier alpha value is -1.06. The Bertz CT molecular complexity index is 427. The summed E-state index contributed by atoms with van der Waals surface area (Å²) >= 11 is 0. The molecule has 1 atom stereocenters. The van der Waals surface area contributed by atoms with Gasteiger partial charge in [-0.3, -0.25) is 0 Å². The molecule has 1 saturated heterocycles. The highest BCUT2D eigenvalue weighted by molar-refractivity contribution is 5.33. The molecule has 118 valence electrons.